The average molecular weight is 421 g/mol. The van der Waals surface area contributed by atoms with E-state index in [2.05, 4.69) is 19.2 Å². The van der Waals surface area contributed by atoms with Crippen LogP contribution in [0.25, 0.3) is 0 Å². The lowest BCUT2D eigenvalue weighted by Crippen LogP contribution is -2.30. The maximum absolute atomic E-state index is 12.7. The molecule has 1 N–H and O–H groups in total. The summed E-state index contributed by atoms with van der Waals surface area (Å²) in [4.78, 5) is 25.0. The first-order chi connectivity index (χ1) is 13.1. The molecular weight excluding hydrogens is 400 g/mol. The van der Waals surface area contributed by atoms with Gasteiger partial charge in [0.05, 0.1) is 27.9 Å². The van der Waals surface area contributed by atoms with E-state index >= 15 is 0 Å². The van der Waals surface area contributed by atoms with Gasteiger partial charge in [0.15, 0.2) is 0 Å². The number of halogens is 1. The van der Waals surface area contributed by atoms with Crippen LogP contribution in [-0.4, -0.2) is 26.0 Å². The molecular formula is C20H21ClN2O4S. The highest BCUT2D eigenvalue weighted by Gasteiger charge is 2.42. The minimum atomic E-state index is -3.76. The van der Waals surface area contributed by atoms with Crippen molar-refractivity contribution in [2.75, 3.05) is 15.4 Å². The molecule has 1 saturated heterocycles. The van der Waals surface area contributed by atoms with Crippen LogP contribution >= 0.6 is 11.6 Å². The zero-order valence-electron chi connectivity index (χ0n) is 15.8. The Bertz CT molecular complexity index is 1030. The number of hydrogen-bond acceptors (Lipinski definition) is 4. The summed E-state index contributed by atoms with van der Waals surface area (Å²) in [6.07, 6.45) is 0. The van der Waals surface area contributed by atoms with Gasteiger partial charge in [-0.2, -0.15) is 0 Å². The molecule has 6 nitrogen and oxygen atoms in total. The van der Waals surface area contributed by atoms with Crippen molar-refractivity contribution in [1.29, 1.82) is 0 Å². The van der Waals surface area contributed by atoms with Gasteiger partial charge in [-0.3, -0.25) is 9.59 Å². The first-order valence-electron chi connectivity index (χ1n) is 8.88. The number of nitrogens with one attached hydrogen (secondary N) is 1. The molecule has 1 aliphatic rings. The van der Waals surface area contributed by atoms with Crippen molar-refractivity contribution in [1.82, 2.24) is 0 Å². The van der Waals surface area contributed by atoms with Crippen LogP contribution in [0.3, 0.4) is 0 Å². The van der Waals surface area contributed by atoms with E-state index in [-0.39, 0.29) is 22.0 Å². The third kappa shape index (κ3) is 3.91. The number of anilines is 2. The Kier molecular flexibility index (Phi) is 5.50. The van der Waals surface area contributed by atoms with Crippen molar-refractivity contribution < 1.29 is 18.0 Å². The third-order valence-electron chi connectivity index (χ3n) is 4.62. The number of carbonyl (C=O) groups is 2. The summed E-state index contributed by atoms with van der Waals surface area (Å²) in [6, 6.07) is 11.6. The fourth-order valence-corrected chi connectivity index (χ4v) is 5.07. The minimum absolute atomic E-state index is 0.0923. The Morgan fingerprint density at radius 2 is 1.82 bits per heavy atom. The van der Waals surface area contributed by atoms with Crippen LogP contribution in [0.15, 0.2) is 42.5 Å². The van der Waals surface area contributed by atoms with Gasteiger partial charge in [-0.15, -0.1) is 0 Å². The van der Waals surface area contributed by atoms with Crippen molar-refractivity contribution in [3.05, 3.63) is 58.6 Å². The molecule has 2 aromatic rings. The number of hydrogen-bond donors (Lipinski definition) is 1. The number of carbonyl (C=O) groups excluding carboxylic acids is 2. The quantitative estimate of drug-likeness (QED) is 0.809. The topological polar surface area (TPSA) is 83.6 Å². The predicted molar refractivity (Wildman–Crippen MR) is 110 cm³/mol. The van der Waals surface area contributed by atoms with Gasteiger partial charge in [-0.05, 0) is 41.8 Å². The Labute approximate surface area is 169 Å². The molecule has 1 atom stereocenters. The van der Waals surface area contributed by atoms with E-state index in [4.69, 9.17) is 11.6 Å². The maximum Gasteiger partial charge on any atom is 0.257 e. The number of rotatable bonds is 4. The van der Waals surface area contributed by atoms with Gasteiger partial charge in [-0.1, -0.05) is 44.5 Å². The minimum Gasteiger partial charge on any atom is -0.322 e. The zero-order valence-corrected chi connectivity index (χ0v) is 17.3. The van der Waals surface area contributed by atoms with E-state index in [1.165, 1.54) is 18.2 Å². The van der Waals surface area contributed by atoms with E-state index in [0.29, 0.717) is 11.6 Å². The first kappa shape index (κ1) is 20.4. The summed E-state index contributed by atoms with van der Waals surface area (Å²) < 4.78 is 25.3. The molecule has 0 saturated carbocycles. The SMILES string of the molecule is CC1CS(=O)(=O)N(c2ccc(Cl)c(C(=O)Nc3ccc(C(C)C)cc3)c2)C1=O. The molecule has 1 aliphatic heterocycles. The predicted octanol–water partition coefficient (Wildman–Crippen LogP) is 4.03. The highest BCUT2D eigenvalue weighted by atomic mass is 35.5. The Morgan fingerprint density at radius 3 is 2.36 bits per heavy atom. The lowest BCUT2D eigenvalue weighted by molar-refractivity contribution is -0.119. The molecule has 0 spiro atoms. The Hall–Kier alpha value is -2.38. The molecule has 1 heterocycles. The largest absolute Gasteiger partial charge is 0.322 e. The Balaban J connectivity index is 1.89. The van der Waals surface area contributed by atoms with Crippen molar-refractivity contribution in [2.24, 2.45) is 5.92 Å². The highest BCUT2D eigenvalue weighted by Crippen LogP contribution is 2.31. The monoisotopic (exact) mass is 420 g/mol. The number of amides is 2. The van der Waals surface area contributed by atoms with Gasteiger partial charge in [0.25, 0.3) is 5.91 Å². The fraction of sp³-hybridized carbons (Fsp3) is 0.300. The maximum atomic E-state index is 12.7. The summed E-state index contributed by atoms with van der Waals surface area (Å²) in [5, 5.41) is 2.91. The van der Waals surface area contributed by atoms with Gasteiger partial charge in [0.1, 0.15) is 0 Å². The lowest BCUT2D eigenvalue weighted by Gasteiger charge is -2.17. The van der Waals surface area contributed by atoms with Crippen LogP contribution in [-0.2, 0) is 14.8 Å². The molecule has 0 aromatic heterocycles. The molecule has 0 radical (unpaired) electrons. The van der Waals surface area contributed by atoms with Crippen molar-refractivity contribution in [3.8, 4) is 0 Å². The first-order valence-corrected chi connectivity index (χ1v) is 10.9. The van der Waals surface area contributed by atoms with Gasteiger partial charge >= 0.3 is 0 Å². The van der Waals surface area contributed by atoms with Crippen LogP contribution in [0.5, 0.6) is 0 Å². The highest BCUT2D eigenvalue weighted by molar-refractivity contribution is 7.94. The molecule has 1 unspecified atom stereocenters. The molecule has 8 heteroatoms. The summed E-state index contributed by atoms with van der Waals surface area (Å²) >= 11 is 6.15. The number of sulfonamides is 1. The van der Waals surface area contributed by atoms with Crippen LogP contribution in [0.4, 0.5) is 11.4 Å². The number of nitrogens with zero attached hydrogens (tertiary/aromatic N) is 1. The van der Waals surface area contributed by atoms with Gasteiger partial charge in [-0.25, -0.2) is 12.7 Å². The summed E-state index contributed by atoms with van der Waals surface area (Å²) in [5.41, 5.74) is 1.94. The van der Waals surface area contributed by atoms with Crippen molar-refractivity contribution in [2.45, 2.75) is 26.7 Å². The second-order valence-electron chi connectivity index (χ2n) is 7.18. The molecule has 148 valence electrons. The summed E-state index contributed by atoms with van der Waals surface area (Å²) in [6.45, 7) is 5.71. The second-order valence-corrected chi connectivity index (χ2v) is 9.45. The molecule has 0 bridgehead atoms. The van der Waals surface area contributed by atoms with Gasteiger partial charge in [0, 0.05) is 5.69 Å². The molecule has 3 rings (SSSR count). The summed E-state index contributed by atoms with van der Waals surface area (Å²) in [7, 11) is -3.76. The van der Waals surface area contributed by atoms with E-state index in [9.17, 15) is 18.0 Å². The van der Waals surface area contributed by atoms with Crippen molar-refractivity contribution in [3.63, 3.8) is 0 Å². The van der Waals surface area contributed by atoms with Crippen LogP contribution in [0.2, 0.25) is 5.02 Å². The van der Waals surface area contributed by atoms with Crippen LogP contribution < -0.4 is 9.62 Å². The van der Waals surface area contributed by atoms with E-state index in [1.807, 2.05) is 12.1 Å². The Morgan fingerprint density at radius 1 is 1.18 bits per heavy atom. The van der Waals surface area contributed by atoms with Gasteiger partial charge in [0.2, 0.25) is 15.9 Å². The fourth-order valence-electron chi connectivity index (χ4n) is 3.05. The van der Waals surface area contributed by atoms with Crippen molar-refractivity contribution >= 4 is 44.8 Å². The van der Waals surface area contributed by atoms with E-state index in [1.54, 1.807) is 19.1 Å². The number of benzene rings is 2. The molecule has 2 aromatic carbocycles. The zero-order chi connectivity index (χ0) is 20.6. The normalized spacial score (nSPS) is 18.5. The standard InChI is InChI=1S/C20H21ClN2O4S/c1-12(2)14-4-6-15(7-5-14)22-19(24)17-10-16(8-9-18(17)21)23-20(25)13(3)11-28(23,26)27/h4-10,12-13H,11H2,1-3H3,(H,22,24). The van der Waals surface area contributed by atoms with E-state index in [0.717, 1.165) is 9.87 Å². The average Bonchev–Trinajstić information content (AvgIpc) is 2.83. The second kappa shape index (κ2) is 7.56. The third-order valence-corrected chi connectivity index (χ3v) is 6.82. The smallest absolute Gasteiger partial charge is 0.257 e. The summed E-state index contributed by atoms with van der Waals surface area (Å²) in [5.74, 6) is -1.51. The van der Waals surface area contributed by atoms with Crippen LogP contribution in [0, 0.1) is 5.92 Å². The molecule has 28 heavy (non-hydrogen) atoms. The molecule has 1 fully saturated rings. The molecule has 2 amide bonds. The van der Waals surface area contributed by atoms with Gasteiger partial charge < -0.3 is 5.32 Å². The van der Waals surface area contributed by atoms with Crippen LogP contribution in [0.1, 0.15) is 42.6 Å². The van der Waals surface area contributed by atoms with E-state index < -0.39 is 27.8 Å². The molecule has 0 aliphatic carbocycles. The lowest BCUT2D eigenvalue weighted by atomic mass is 10.0.